The summed E-state index contributed by atoms with van der Waals surface area (Å²) in [6.07, 6.45) is 0. The Balaban J connectivity index is 1.92. The van der Waals surface area contributed by atoms with Crippen molar-refractivity contribution in [2.24, 2.45) is 0 Å². The van der Waals surface area contributed by atoms with E-state index < -0.39 is 26.6 Å². The molecule has 11 heteroatoms. The molecule has 2 aromatic rings. The summed E-state index contributed by atoms with van der Waals surface area (Å²) >= 11 is 0. The molecular weight excluding hydrogens is 431 g/mol. The van der Waals surface area contributed by atoms with Crippen LogP contribution in [0.5, 0.6) is 17.2 Å². The third-order valence-electron chi connectivity index (χ3n) is 4.73. The number of sulfonamides is 1. The number of halogens is 1. The molecular formula is C20H23FN2O7S. The standard InChI is InChI=1S/C20H23FN2O7S/c1-27-16-12-18(29-3)17(28-2)11-14(16)20(24)22-13-4-5-15(21)19(10-13)31(25,26)23-6-8-30-9-7-23/h4-5,10-12H,6-9H2,1-3H3,(H,22,24). The maximum absolute atomic E-state index is 14.4. The lowest BCUT2D eigenvalue weighted by molar-refractivity contribution is 0.0729. The summed E-state index contributed by atoms with van der Waals surface area (Å²) < 4.78 is 62.0. The topological polar surface area (TPSA) is 103 Å². The van der Waals surface area contributed by atoms with E-state index in [0.717, 1.165) is 16.4 Å². The molecule has 0 bridgehead atoms. The molecule has 2 aromatic carbocycles. The number of carbonyl (C=O) groups is 1. The normalized spacial score (nSPS) is 14.7. The Bertz CT molecular complexity index is 1070. The number of nitrogens with zero attached hydrogens (tertiary/aromatic N) is 1. The van der Waals surface area contributed by atoms with Gasteiger partial charge in [-0.3, -0.25) is 4.79 Å². The summed E-state index contributed by atoms with van der Waals surface area (Å²) in [7, 11) is 0.185. The molecule has 3 rings (SSSR count). The van der Waals surface area contributed by atoms with Gasteiger partial charge in [-0.25, -0.2) is 12.8 Å². The van der Waals surface area contributed by atoms with E-state index in [1.54, 1.807) is 0 Å². The Morgan fingerprint density at radius 1 is 1.00 bits per heavy atom. The number of nitrogens with one attached hydrogen (secondary N) is 1. The second-order valence-electron chi connectivity index (χ2n) is 6.52. The van der Waals surface area contributed by atoms with Crippen LogP contribution in [0.4, 0.5) is 10.1 Å². The van der Waals surface area contributed by atoms with Crippen molar-refractivity contribution < 1.29 is 36.6 Å². The quantitative estimate of drug-likeness (QED) is 0.684. The van der Waals surface area contributed by atoms with Crippen LogP contribution in [0, 0.1) is 5.82 Å². The molecule has 1 fully saturated rings. The van der Waals surface area contributed by atoms with Crippen molar-refractivity contribution in [3.05, 3.63) is 41.7 Å². The highest BCUT2D eigenvalue weighted by molar-refractivity contribution is 7.89. The number of rotatable bonds is 7. The van der Waals surface area contributed by atoms with E-state index >= 15 is 0 Å². The molecule has 1 saturated heterocycles. The summed E-state index contributed by atoms with van der Waals surface area (Å²) in [6, 6.07) is 6.29. The van der Waals surface area contributed by atoms with E-state index in [-0.39, 0.29) is 43.3 Å². The van der Waals surface area contributed by atoms with Gasteiger partial charge in [-0.2, -0.15) is 4.31 Å². The summed E-state index contributed by atoms with van der Waals surface area (Å²) in [5, 5.41) is 2.57. The van der Waals surface area contributed by atoms with Crippen LogP contribution in [0.1, 0.15) is 10.4 Å². The van der Waals surface area contributed by atoms with Gasteiger partial charge in [0.25, 0.3) is 5.91 Å². The van der Waals surface area contributed by atoms with E-state index in [2.05, 4.69) is 5.32 Å². The van der Waals surface area contributed by atoms with Gasteiger partial charge >= 0.3 is 0 Å². The summed E-state index contributed by atoms with van der Waals surface area (Å²) in [5.41, 5.74) is 0.233. The SMILES string of the molecule is COc1cc(OC)c(C(=O)Nc2ccc(F)c(S(=O)(=O)N3CCOCC3)c2)cc1OC. The van der Waals surface area contributed by atoms with E-state index in [4.69, 9.17) is 18.9 Å². The fourth-order valence-corrected chi connectivity index (χ4v) is 4.61. The first-order chi connectivity index (χ1) is 14.8. The largest absolute Gasteiger partial charge is 0.496 e. The molecule has 1 aliphatic rings. The van der Waals surface area contributed by atoms with Crippen LogP contribution in [-0.4, -0.2) is 66.3 Å². The predicted molar refractivity (Wildman–Crippen MR) is 110 cm³/mol. The number of methoxy groups -OCH3 is 3. The molecule has 1 amide bonds. The van der Waals surface area contributed by atoms with Crippen molar-refractivity contribution in [3.8, 4) is 17.2 Å². The second kappa shape index (κ2) is 9.50. The van der Waals surface area contributed by atoms with Gasteiger partial charge in [0.05, 0.1) is 40.1 Å². The molecule has 0 aliphatic carbocycles. The zero-order chi connectivity index (χ0) is 22.6. The highest BCUT2D eigenvalue weighted by Gasteiger charge is 2.29. The van der Waals surface area contributed by atoms with Crippen LogP contribution in [-0.2, 0) is 14.8 Å². The average Bonchev–Trinajstić information content (AvgIpc) is 2.79. The lowest BCUT2D eigenvalue weighted by Gasteiger charge is -2.26. The molecule has 9 nitrogen and oxygen atoms in total. The van der Waals surface area contributed by atoms with Crippen molar-refractivity contribution in [2.45, 2.75) is 4.90 Å². The Morgan fingerprint density at radius 3 is 2.23 bits per heavy atom. The summed E-state index contributed by atoms with van der Waals surface area (Å²) in [6.45, 7) is 0.717. The fraction of sp³-hybridized carbons (Fsp3) is 0.350. The van der Waals surface area contributed by atoms with Crippen molar-refractivity contribution in [1.82, 2.24) is 4.31 Å². The highest BCUT2D eigenvalue weighted by atomic mass is 32.2. The monoisotopic (exact) mass is 454 g/mol. The molecule has 168 valence electrons. The van der Waals surface area contributed by atoms with Crippen LogP contribution in [0.2, 0.25) is 0 Å². The number of hydrogen-bond acceptors (Lipinski definition) is 7. The van der Waals surface area contributed by atoms with Crippen LogP contribution in [0.3, 0.4) is 0 Å². The maximum atomic E-state index is 14.4. The van der Waals surface area contributed by atoms with Gasteiger partial charge in [-0.15, -0.1) is 0 Å². The summed E-state index contributed by atoms with van der Waals surface area (Å²) in [4.78, 5) is 12.3. The maximum Gasteiger partial charge on any atom is 0.259 e. The predicted octanol–water partition coefficient (Wildman–Crippen LogP) is 2.12. The first kappa shape index (κ1) is 22.8. The smallest absolute Gasteiger partial charge is 0.259 e. The third kappa shape index (κ3) is 4.73. The molecule has 1 aliphatic heterocycles. The molecule has 0 spiro atoms. The second-order valence-corrected chi connectivity index (χ2v) is 8.43. The minimum Gasteiger partial charge on any atom is -0.496 e. The van der Waals surface area contributed by atoms with E-state index in [9.17, 15) is 17.6 Å². The lowest BCUT2D eigenvalue weighted by atomic mass is 10.1. The van der Waals surface area contributed by atoms with Crippen molar-refractivity contribution in [3.63, 3.8) is 0 Å². The first-order valence-electron chi connectivity index (χ1n) is 9.30. The van der Waals surface area contributed by atoms with Crippen LogP contribution in [0.15, 0.2) is 35.2 Å². The third-order valence-corrected chi connectivity index (χ3v) is 6.64. The zero-order valence-electron chi connectivity index (χ0n) is 17.3. The average molecular weight is 454 g/mol. The Labute approximate surface area is 179 Å². The van der Waals surface area contributed by atoms with Gasteiger partial charge < -0.3 is 24.3 Å². The van der Waals surface area contributed by atoms with Gasteiger partial charge in [0.2, 0.25) is 10.0 Å². The lowest BCUT2D eigenvalue weighted by Crippen LogP contribution is -2.40. The number of morpholine rings is 1. The molecule has 0 saturated carbocycles. The number of benzene rings is 2. The summed E-state index contributed by atoms with van der Waals surface area (Å²) in [5.74, 6) is -0.606. The Morgan fingerprint density at radius 2 is 1.61 bits per heavy atom. The van der Waals surface area contributed by atoms with Crippen LogP contribution >= 0.6 is 0 Å². The zero-order valence-corrected chi connectivity index (χ0v) is 18.1. The molecule has 1 heterocycles. The molecule has 1 N–H and O–H groups in total. The van der Waals surface area contributed by atoms with E-state index in [1.165, 1.54) is 39.5 Å². The van der Waals surface area contributed by atoms with Crippen LogP contribution < -0.4 is 19.5 Å². The van der Waals surface area contributed by atoms with Crippen molar-refractivity contribution in [1.29, 1.82) is 0 Å². The molecule has 0 radical (unpaired) electrons. The van der Waals surface area contributed by atoms with E-state index in [1.807, 2.05) is 0 Å². The highest BCUT2D eigenvalue weighted by Crippen LogP contribution is 2.35. The number of carbonyl (C=O) groups excluding carboxylic acids is 1. The number of hydrogen-bond donors (Lipinski definition) is 1. The minimum atomic E-state index is -4.08. The van der Waals surface area contributed by atoms with Gasteiger partial charge in [0.15, 0.2) is 11.5 Å². The molecule has 0 unspecified atom stereocenters. The van der Waals surface area contributed by atoms with Crippen molar-refractivity contribution >= 4 is 21.6 Å². The van der Waals surface area contributed by atoms with Crippen molar-refractivity contribution in [2.75, 3.05) is 52.9 Å². The van der Waals surface area contributed by atoms with E-state index in [0.29, 0.717) is 11.5 Å². The van der Waals surface area contributed by atoms with Gasteiger partial charge in [0, 0.05) is 30.9 Å². The van der Waals surface area contributed by atoms with Gasteiger partial charge in [-0.1, -0.05) is 0 Å². The first-order valence-corrected chi connectivity index (χ1v) is 10.7. The minimum absolute atomic E-state index is 0.107. The number of ether oxygens (including phenoxy) is 4. The van der Waals surface area contributed by atoms with Gasteiger partial charge in [0.1, 0.15) is 16.5 Å². The Kier molecular flexibility index (Phi) is 6.98. The molecule has 0 atom stereocenters. The molecule has 31 heavy (non-hydrogen) atoms. The number of anilines is 1. The molecule has 0 aromatic heterocycles. The number of amides is 1. The van der Waals surface area contributed by atoms with Gasteiger partial charge in [-0.05, 0) is 18.2 Å². The fourth-order valence-electron chi connectivity index (χ4n) is 3.11. The van der Waals surface area contributed by atoms with Crippen LogP contribution in [0.25, 0.3) is 0 Å². The Hall–Kier alpha value is -2.89.